The van der Waals surface area contributed by atoms with E-state index in [1.165, 1.54) is 11.1 Å². The first-order chi connectivity index (χ1) is 11.6. The van der Waals surface area contributed by atoms with Gasteiger partial charge in [0.1, 0.15) is 0 Å². The van der Waals surface area contributed by atoms with Crippen LogP contribution in [0.3, 0.4) is 0 Å². The van der Waals surface area contributed by atoms with E-state index in [1.54, 1.807) is 6.20 Å². The Labute approximate surface area is 145 Å². The first kappa shape index (κ1) is 15.2. The summed E-state index contributed by atoms with van der Waals surface area (Å²) < 4.78 is 1.86. The van der Waals surface area contributed by atoms with Crippen LogP contribution < -0.4 is 0 Å². The van der Waals surface area contributed by atoms with E-state index in [1.807, 2.05) is 28.9 Å². The fourth-order valence-corrected chi connectivity index (χ4v) is 3.45. The number of fused-ring (bicyclic) bond motifs is 1. The van der Waals surface area contributed by atoms with Gasteiger partial charge in [-0.05, 0) is 49.1 Å². The molecule has 1 aliphatic rings. The lowest BCUT2D eigenvalue weighted by Crippen LogP contribution is -2.20. The van der Waals surface area contributed by atoms with Crippen LogP contribution in [0, 0.1) is 6.92 Å². The summed E-state index contributed by atoms with van der Waals surface area (Å²) in [4.78, 5) is 12.6. The van der Waals surface area contributed by atoms with Crippen LogP contribution in [-0.2, 0) is 6.42 Å². The molecule has 0 N–H and O–H groups in total. The fraction of sp³-hybridized carbons (Fsp3) is 0.200. The minimum Gasteiger partial charge on any atom is -0.294 e. The van der Waals surface area contributed by atoms with Gasteiger partial charge in [-0.2, -0.15) is 5.10 Å². The maximum absolute atomic E-state index is 12.6. The molecule has 0 spiro atoms. The molecule has 0 bridgehead atoms. The first-order valence-corrected chi connectivity index (χ1v) is 8.42. The molecule has 2 aromatic carbocycles. The molecule has 0 unspecified atom stereocenters. The van der Waals surface area contributed by atoms with Crippen molar-refractivity contribution in [3.05, 3.63) is 82.1 Å². The van der Waals surface area contributed by atoms with Crippen molar-refractivity contribution < 1.29 is 4.79 Å². The predicted octanol–water partition coefficient (Wildman–Crippen LogP) is 4.75. The number of carbonyl (C=O) groups is 1. The quantitative estimate of drug-likeness (QED) is 0.677. The number of Topliss-reactive ketones (excluding diaryl/α,β-unsaturated/α-hetero) is 1. The van der Waals surface area contributed by atoms with Crippen molar-refractivity contribution in [3.63, 3.8) is 0 Å². The number of halogens is 1. The standard InChI is InChI=1S/C20H17ClN2O/c1-13-2-4-14(5-3-13)15-10-19-18(20(24)11-15)12-22-23(19)17-8-6-16(21)7-9-17/h2-9,12,15H,10-11H2,1H3/t15-/m0/s1. The van der Waals surface area contributed by atoms with Gasteiger partial charge in [-0.15, -0.1) is 0 Å². The minimum absolute atomic E-state index is 0.169. The molecule has 1 aromatic heterocycles. The largest absolute Gasteiger partial charge is 0.294 e. The first-order valence-electron chi connectivity index (χ1n) is 8.04. The van der Waals surface area contributed by atoms with E-state index in [-0.39, 0.29) is 11.7 Å². The number of hydrogen-bond donors (Lipinski definition) is 0. The molecule has 0 radical (unpaired) electrons. The van der Waals surface area contributed by atoms with Gasteiger partial charge in [0.25, 0.3) is 0 Å². The van der Waals surface area contributed by atoms with E-state index < -0.39 is 0 Å². The minimum atomic E-state index is 0.169. The maximum atomic E-state index is 12.6. The van der Waals surface area contributed by atoms with E-state index in [0.29, 0.717) is 11.4 Å². The Morgan fingerprint density at radius 1 is 1.04 bits per heavy atom. The zero-order chi connectivity index (χ0) is 16.7. The summed E-state index contributed by atoms with van der Waals surface area (Å²) in [6.07, 6.45) is 3.05. The average Bonchev–Trinajstić information content (AvgIpc) is 3.01. The van der Waals surface area contributed by atoms with E-state index >= 15 is 0 Å². The number of carbonyl (C=O) groups excluding carboxylic acids is 1. The third-order valence-corrected chi connectivity index (χ3v) is 4.91. The van der Waals surface area contributed by atoms with Crippen LogP contribution in [0.5, 0.6) is 0 Å². The molecule has 120 valence electrons. The Morgan fingerprint density at radius 2 is 1.75 bits per heavy atom. The predicted molar refractivity (Wildman–Crippen MR) is 95.1 cm³/mol. The molecular formula is C20H17ClN2O. The summed E-state index contributed by atoms with van der Waals surface area (Å²) in [7, 11) is 0. The summed E-state index contributed by atoms with van der Waals surface area (Å²) in [5.41, 5.74) is 5.10. The Balaban J connectivity index is 1.73. The Hall–Kier alpha value is -2.39. The molecular weight excluding hydrogens is 320 g/mol. The Kier molecular flexibility index (Phi) is 3.73. The van der Waals surface area contributed by atoms with Crippen LogP contribution in [0.25, 0.3) is 5.69 Å². The smallest absolute Gasteiger partial charge is 0.166 e. The second-order valence-electron chi connectivity index (χ2n) is 6.33. The number of aryl methyl sites for hydroxylation is 1. The van der Waals surface area contributed by atoms with Crippen molar-refractivity contribution in [1.82, 2.24) is 9.78 Å². The lowest BCUT2D eigenvalue weighted by Gasteiger charge is -2.23. The summed E-state index contributed by atoms with van der Waals surface area (Å²) in [6.45, 7) is 2.07. The number of hydrogen-bond acceptors (Lipinski definition) is 2. The van der Waals surface area contributed by atoms with Crippen LogP contribution in [-0.4, -0.2) is 15.6 Å². The number of benzene rings is 2. The molecule has 3 nitrogen and oxygen atoms in total. The topological polar surface area (TPSA) is 34.9 Å². The van der Waals surface area contributed by atoms with E-state index in [0.717, 1.165) is 23.4 Å². The molecule has 0 amide bonds. The second-order valence-corrected chi connectivity index (χ2v) is 6.77. The fourth-order valence-electron chi connectivity index (χ4n) is 3.32. The van der Waals surface area contributed by atoms with Crippen molar-refractivity contribution >= 4 is 17.4 Å². The molecule has 1 aliphatic carbocycles. The van der Waals surface area contributed by atoms with Gasteiger partial charge in [-0.3, -0.25) is 4.79 Å². The van der Waals surface area contributed by atoms with Crippen molar-refractivity contribution in [2.24, 2.45) is 0 Å². The molecule has 1 heterocycles. The Morgan fingerprint density at radius 3 is 2.46 bits per heavy atom. The highest BCUT2D eigenvalue weighted by molar-refractivity contribution is 6.30. The molecule has 0 fully saturated rings. The van der Waals surface area contributed by atoms with Crippen molar-refractivity contribution in [1.29, 1.82) is 0 Å². The number of aromatic nitrogens is 2. The van der Waals surface area contributed by atoms with Gasteiger partial charge in [-0.1, -0.05) is 41.4 Å². The Bertz CT molecular complexity index is 894. The van der Waals surface area contributed by atoms with Crippen LogP contribution in [0.4, 0.5) is 0 Å². The van der Waals surface area contributed by atoms with Gasteiger partial charge in [0.15, 0.2) is 5.78 Å². The number of ketones is 1. The van der Waals surface area contributed by atoms with Gasteiger partial charge in [0, 0.05) is 11.4 Å². The third kappa shape index (κ3) is 2.65. The third-order valence-electron chi connectivity index (χ3n) is 4.66. The average molecular weight is 337 g/mol. The number of rotatable bonds is 2. The van der Waals surface area contributed by atoms with Crippen LogP contribution in [0.1, 0.15) is 39.5 Å². The zero-order valence-corrected chi connectivity index (χ0v) is 14.1. The van der Waals surface area contributed by atoms with Gasteiger partial charge in [-0.25, -0.2) is 4.68 Å². The molecule has 0 saturated heterocycles. The highest BCUT2D eigenvalue weighted by Crippen LogP contribution is 2.33. The molecule has 4 heteroatoms. The number of nitrogens with zero attached hydrogens (tertiary/aromatic N) is 2. The van der Waals surface area contributed by atoms with Gasteiger partial charge >= 0.3 is 0 Å². The van der Waals surface area contributed by atoms with Crippen molar-refractivity contribution in [2.75, 3.05) is 0 Å². The van der Waals surface area contributed by atoms with E-state index in [4.69, 9.17) is 11.6 Å². The summed E-state index contributed by atoms with van der Waals surface area (Å²) in [5, 5.41) is 5.13. The molecule has 3 aromatic rings. The second kappa shape index (κ2) is 5.91. The normalized spacial score (nSPS) is 16.9. The molecule has 24 heavy (non-hydrogen) atoms. The van der Waals surface area contributed by atoms with Gasteiger partial charge in [0.05, 0.1) is 23.1 Å². The van der Waals surface area contributed by atoms with E-state index in [2.05, 4.69) is 36.3 Å². The highest BCUT2D eigenvalue weighted by Gasteiger charge is 2.29. The zero-order valence-electron chi connectivity index (χ0n) is 13.4. The molecule has 1 atom stereocenters. The molecule has 0 aliphatic heterocycles. The van der Waals surface area contributed by atoms with Crippen LogP contribution in [0.2, 0.25) is 5.02 Å². The molecule has 0 saturated carbocycles. The summed E-state index contributed by atoms with van der Waals surface area (Å²) in [5.74, 6) is 0.371. The van der Waals surface area contributed by atoms with Gasteiger partial charge in [0.2, 0.25) is 0 Å². The summed E-state index contributed by atoms with van der Waals surface area (Å²) in [6, 6.07) is 16.0. The highest BCUT2D eigenvalue weighted by atomic mass is 35.5. The van der Waals surface area contributed by atoms with Crippen molar-refractivity contribution in [2.45, 2.75) is 25.7 Å². The molecule has 4 rings (SSSR count). The summed E-state index contributed by atoms with van der Waals surface area (Å²) >= 11 is 5.97. The van der Waals surface area contributed by atoms with Crippen molar-refractivity contribution in [3.8, 4) is 5.69 Å². The van der Waals surface area contributed by atoms with Crippen LogP contribution in [0.15, 0.2) is 54.7 Å². The lowest BCUT2D eigenvalue weighted by atomic mass is 9.82. The van der Waals surface area contributed by atoms with Crippen LogP contribution >= 0.6 is 11.6 Å². The lowest BCUT2D eigenvalue weighted by molar-refractivity contribution is 0.0964. The van der Waals surface area contributed by atoms with E-state index in [9.17, 15) is 4.79 Å². The SMILES string of the molecule is Cc1ccc([C@@H]2CC(=O)c3cnn(-c4ccc(Cl)cc4)c3C2)cc1. The van der Waals surface area contributed by atoms with Gasteiger partial charge < -0.3 is 0 Å². The monoisotopic (exact) mass is 336 g/mol. The maximum Gasteiger partial charge on any atom is 0.166 e.